The van der Waals surface area contributed by atoms with Gasteiger partial charge in [-0.3, -0.25) is 0 Å². The number of benzene rings is 1. The Labute approximate surface area is 79.9 Å². The summed E-state index contributed by atoms with van der Waals surface area (Å²) in [6.45, 7) is 4.33. The fraction of sp³-hybridized carbons (Fsp3) is 0.455. The highest BCUT2D eigenvalue weighted by Gasteiger charge is 2.09. The Kier molecular flexibility index (Phi) is 3.32. The van der Waals surface area contributed by atoms with E-state index in [0.29, 0.717) is 5.92 Å². The first kappa shape index (κ1) is 10.1. The Morgan fingerprint density at radius 1 is 1.23 bits per heavy atom. The number of nitrogens with two attached hydrogens (primary N) is 2. The van der Waals surface area contributed by atoms with E-state index in [1.165, 1.54) is 0 Å². The number of nitrogen functional groups attached to an aromatic ring is 1. The summed E-state index contributed by atoms with van der Waals surface area (Å²) in [5.41, 5.74) is 13.7. The molecule has 2 nitrogen and oxygen atoms in total. The zero-order valence-corrected chi connectivity index (χ0v) is 8.33. The molecule has 1 aromatic carbocycles. The van der Waals surface area contributed by atoms with Crippen LogP contribution in [0, 0.1) is 5.92 Å². The highest BCUT2D eigenvalue weighted by molar-refractivity contribution is 5.47. The van der Waals surface area contributed by atoms with Crippen LogP contribution in [-0.4, -0.2) is 0 Å². The smallest absolute Gasteiger partial charge is 0.0362 e. The maximum atomic E-state index is 6.02. The van der Waals surface area contributed by atoms with E-state index in [4.69, 9.17) is 11.5 Å². The predicted octanol–water partition coefficient (Wildman–Crippen LogP) is 2.31. The third-order valence-electron chi connectivity index (χ3n) is 2.12. The highest BCUT2D eigenvalue weighted by Crippen LogP contribution is 2.23. The highest BCUT2D eigenvalue weighted by atomic mass is 14.7. The van der Waals surface area contributed by atoms with Crippen molar-refractivity contribution >= 4 is 5.69 Å². The molecule has 0 aromatic heterocycles. The van der Waals surface area contributed by atoms with Crippen molar-refractivity contribution < 1.29 is 0 Å². The molecule has 0 aliphatic heterocycles. The lowest BCUT2D eigenvalue weighted by Crippen LogP contribution is -2.14. The van der Waals surface area contributed by atoms with Crippen molar-refractivity contribution in [3.05, 3.63) is 29.8 Å². The van der Waals surface area contributed by atoms with Crippen LogP contribution >= 0.6 is 0 Å². The molecule has 13 heavy (non-hydrogen) atoms. The van der Waals surface area contributed by atoms with Crippen LogP contribution in [-0.2, 0) is 0 Å². The lowest BCUT2D eigenvalue weighted by atomic mass is 9.97. The average molecular weight is 178 g/mol. The maximum Gasteiger partial charge on any atom is 0.0362 e. The molecule has 1 aromatic rings. The number of hydrogen-bond acceptors (Lipinski definition) is 2. The Balaban J connectivity index is 2.76. The Bertz CT molecular complexity index is 269. The van der Waals surface area contributed by atoms with Crippen LogP contribution in [0.4, 0.5) is 5.69 Å². The van der Waals surface area contributed by atoms with E-state index >= 15 is 0 Å². The third kappa shape index (κ3) is 2.74. The zero-order valence-electron chi connectivity index (χ0n) is 8.33. The molecule has 0 radical (unpaired) electrons. The van der Waals surface area contributed by atoms with Gasteiger partial charge in [-0.05, 0) is 24.0 Å². The van der Waals surface area contributed by atoms with Gasteiger partial charge < -0.3 is 11.5 Å². The summed E-state index contributed by atoms with van der Waals surface area (Å²) >= 11 is 0. The Hall–Kier alpha value is -1.02. The van der Waals surface area contributed by atoms with Crippen molar-refractivity contribution in [3.8, 4) is 0 Å². The van der Waals surface area contributed by atoms with Gasteiger partial charge in [0.05, 0.1) is 0 Å². The molecule has 2 heteroatoms. The fourth-order valence-electron chi connectivity index (χ4n) is 1.48. The molecule has 72 valence electrons. The Morgan fingerprint density at radius 3 is 2.38 bits per heavy atom. The molecule has 0 aliphatic rings. The molecule has 0 spiro atoms. The normalized spacial score (nSPS) is 13.2. The molecule has 0 saturated carbocycles. The zero-order chi connectivity index (χ0) is 9.84. The molecular formula is C11H18N2. The molecule has 0 aliphatic carbocycles. The van der Waals surface area contributed by atoms with Crippen molar-refractivity contribution in [2.45, 2.75) is 26.3 Å². The molecule has 0 amide bonds. The van der Waals surface area contributed by atoms with Crippen molar-refractivity contribution in [2.24, 2.45) is 11.7 Å². The van der Waals surface area contributed by atoms with Crippen molar-refractivity contribution in [1.82, 2.24) is 0 Å². The molecule has 0 saturated heterocycles. The first-order valence-electron chi connectivity index (χ1n) is 4.71. The first-order chi connectivity index (χ1) is 6.11. The van der Waals surface area contributed by atoms with Crippen LogP contribution in [0.3, 0.4) is 0 Å². The number of rotatable bonds is 3. The van der Waals surface area contributed by atoms with Crippen LogP contribution in [0.15, 0.2) is 24.3 Å². The topological polar surface area (TPSA) is 52.0 Å². The van der Waals surface area contributed by atoms with E-state index in [-0.39, 0.29) is 6.04 Å². The van der Waals surface area contributed by atoms with Crippen LogP contribution in [0.25, 0.3) is 0 Å². The second-order valence-electron chi connectivity index (χ2n) is 3.86. The van der Waals surface area contributed by atoms with Crippen LogP contribution in [0.5, 0.6) is 0 Å². The minimum Gasteiger partial charge on any atom is -0.398 e. The molecule has 4 N–H and O–H groups in total. The first-order valence-corrected chi connectivity index (χ1v) is 4.71. The molecular weight excluding hydrogens is 160 g/mol. The standard InChI is InChI=1S/C11H18N2/c1-8(2)7-11(13)9-5-3-4-6-10(9)12/h3-6,8,11H,7,12-13H2,1-2H3/t11-/m1/s1. The van der Waals surface area contributed by atoms with Gasteiger partial charge in [-0.2, -0.15) is 0 Å². The molecule has 0 bridgehead atoms. The summed E-state index contributed by atoms with van der Waals surface area (Å²) in [7, 11) is 0. The summed E-state index contributed by atoms with van der Waals surface area (Å²) in [6, 6.07) is 7.88. The quantitative estimate of drug-likeness (QED) is 0.698. The molecule has 0 unspecified atom stereocenters. The summed E-state index contributed by atoms with van der Waals surface area (Å²) < 4.78 is 0. The van der Waals surface area contributed by atoms with E-state index in [1.807, 2.05) is 24.3 Å². The van der Waals surface area contributed by atoms with Gasteiger partial charge in [0.15, 0.2) is 0 Å². The van der Waals surface area contributed by atoms with E-state index < -0.39 is 0 Å². The Morgan fingerprint density at radius 2 is 1.85 bits per heavy atom. The van der Waals surface area contributed by atoms with E-state index in [0.717, 1.165) is 17.7 Å². The van der Waals surface area contributed by atoms with E-state index in [2.05, 4.69) is 13.8 Å². The largest absolute Gasteiger partial charge is 0.398 e. The van der Waals surface area contributed by atoms with Gasteiger partial charge in [-0.15, -0.1) is 0 Å². The minimum absolute atomic E-state index is 0.0706. The molecule has 1 rings (SSSR count). The summed E-state index contributed by atoms with van der Waals surface area (Å²) in [6.07, 6.45) is 0.980. The van der Waals surface area contributed by atoms with Gasteiger partial charge >= 0.3 is 0 Å². The molecule has 0 fully saturated rings. The SMILES string of the molecule is CC(C)C[C@@H](N)c1ccccc1N. The fourth-order valence-corrected chi connectivity index (χ4v) is 1.48. The van der Waals surface area contributed by atoms with Gasteiger partial charge in [0.2, 0.25) is 0 Å². The van der Waals surface area contributed by atoms with Gasteiger partial charge in [0.25, 0.3) is 0 Å². The van der Waals surface area contributed by atoms with Crippen molar-refractivity contribution in [3.63, 3.8) is 0 Å². The second kappa shape index (κ2) is 4.28. The van der Waals surface area contributed by atoms with Gasteiger partial charge in [0, 0.05) is 11.7 Å². The second-order valence-corrected chi connectivity index (χ2v) is 3.86. The van der Waals surface area contributed by atoms with E-state index in [9.17, 15) is 0 Å². The maximum absolute atomic E-state index is 6.02. The van der Waals surface area contributed by atoms with Gasteiger partial charge in [0.1, 0.15) is 0 Å². The summed E-state index contributed by atoms with van der Waals surface area (Å²) in [4.78, 5) is 0. The van der Waals surface area contributed by atoms with Crippen LogP contribution in [0.1, 0.15) is 31.9 Å². The van der Waals surface area contributed by atoms with Crippen LogP contribution < -0.4 is 11.5 Å². The third-order valence-corrected chi connectivity index (χ3v) is 2.12. The summed E-state index contributed by atoms with van der Waals surface area (Å²) in [5.74, 6) is 0.606. The number of para-hydroxylation sites is 1. The lowest BCUT2D eigenvalue weighted by Gasteiger charge is -2.16. The van der Waals surface area contributed by atoms with Crippen molar-refractivity contribution in [2.75, 3.05) is 5.73 Å². The summed E-state index contributed by atoms with van der Waals surface area (Å²) in [5, 5.41) is 0. The monoisotopic (exact) mass is 178 g/mol. The predicted molar refractivity (Wildman–Crippen MR) is 57.2 cm³/mol. The van der Waals surface area contributed by atoms with E-state index in [1.54, 1.807) is 0 Å². The number of anilines is 1. The average Bonchev–Trinajstić information content (AvgIpc) is 2.03. The van der Waals surface area contributed by atoms with Gasteiger partial charge in [-0.25, -0.2) is 0 Å². The number of hydrogen-bond donors (Lipinski definition) is 2. The van der Waals surface area contributed by atoms with Crippen LogP contribution in [0.2, 0.25) is 0 Å². The van der Waals surface area contributed by atoms with Gasteiger partial charge in [-0.1, -0.05) is 32.0 Å². The lowest BCUT2D eigenvalue weighted by molar-refractivity contribution is 0.511. The minimum atomic E-state index is 0.0706. The molecule has 1 atom stereocenters. The van der Waals surface area contributed by atoms with Crippen molar-refractivity contribution in [1.29, 1.82) is 0 Å². The molecule has 0 heterocycles.